The van der Waals surface area contributed by atoms with Crippen LogP contribution in [0.4, 0.5) is 0 Å². The molecule has 0 unspecified atom stereocenters. The summed E-state index contributed by atoms with van der Waals surface area (Å²) in [5.74, 6) is -0.839. The molecule has 7 nitrogen and oxygen atoms in total. The number of rotatable bonds is 11. The molecule has 10 heteroatoms. The highest BCUT2D eigenvalue weighted by Crippen LogP contribution is 2.20. The van der Waals surface area contributed by atoms with Crippen molar-refractivity contribution >= 4 is 45.0 Å². The van der Waals surface area contributed by atoms with Crippen LogP contribution in [0.3, 0.4) is 0 Å². The molecule has 1 N–H and O–H groups in total. The third-order valence-electron chi connectivity index (χ3n) is 5.85. The van der Waals surface area contributed by atoms with Crippen molar-refractivity contribution in [2.24, 2.45) is 0 Å². The summed E-state index contributed by atoms with van der Waals surface area (Å²) in [6.07, 6.45) is 0.256. The Hall–Kier alpha value is -2.91. The second-order valence-corrected chi connectivity index (χ2v) is 12.1. The molecule has 3 aromatic carbocycles. The monoisotopic (exact) mass is 575 g/mol. The van der Waals surface area contributed by atoms with E-state index >= 15 is 0 Å². The van der Waals surface area contributed by atoms with E-state index in [2.05, 4.69) is 5.32 Å². The van der Waals surface area contributed by atoms with Gasteiger partial charge in [0.1, 0.15) is 6.04 Å². The number of nitrogens with one attached hydrogen (secondary N) is 1. The Labute approximate surface area is 234 Å². The standard InChI is InChI=1S/C28H31Cl2N3O4S/c1-20(2)31-28(35)26(17-21-7-5-4-6-8-21)33(18-22-9-11-23(29)12-10-22)27(34)19-32(3)38(36,37)25-15-13-24(30)14-16-25/h4-16,20,26H,17-19H2,1-3H3,(H,31,35)/t26-/m0/s1. The van der Waals surface area contributed by atoms with Crippen molar-refractivity contribution < 1.29 is 18.0 Å². The smallest absolute Gasteiger partial charge is 0.243 e. The van der Waals surface area contributed by atoms with Crippen LogP contribution in [0.2, 0.25) is 10.0 Å². The lowest BCUT2D eigenvalue weighted by atomic mass is 10.0. The topological polar surface area (TPSA) is 86.8 Å². The molecule has 0 bridgehead atoms. The molecule has 202 valence electrons. The number of carbonyl (C=O) groups excluding carboxylic acids is 2. The van der Waals surface area contributed by atoms with E-state index in [1.807, 2.05) is 44.2 Å². The summed E-state index contributed by atoms with van der Waals surface area (Å²) in [5.41, 5.74) is 1.62. The minimum absolute atomic E-state index is 0.0137. The highest BCUT2D eigenvalue weighted by molar-refractivity contribution is 7.89. The van der Waals surface area contributed by atoms with E-state index in [1.165, 1.54) is 36.2 Å². The SMILES string of the molecule is CC(C)NC(=O)[C@H](Cc1ccccc1)N(Cc1ccc(Cl)cc1)C(=O)CN(C)S(=O)(=O)c1ccc(Cl)cc1. The number of halogens is 2. The maximum atomic E-state index is 13.8. The van der Waals surface area contributed by atoms with E-state index in [-0.39, 0.29) is 29.8 Å². The van der Waals surface area contributed by atoms with Gasteiger partial charge < -0.3 is 10.2 Å². The molecule has 0 spiro atoms. The Morgan fingerprint density at radius 2 is 1.39 bits per heavy atom. The van der Waals surface area contributed by atoms with Gasteiger partial charge in [0.25, 0.3) is 0 Å². The molecular formula is C28H31Cl2N3O4S. The molecule has 0 saturated heterocycles. The maximum absolute atomic E-state index is 13.8. The van der Waals surface area contributed by atoms with Crippen LogP contribution in [-0.4, -0.2) is 55.1 Å². The van der Waals surface area contributed by atoms with Crippen LogP contribution < -0.4 is 5.32 Å². The summed E-state index contributed by atoms with van der Waals surface area (Å²) in [4.78, 5) is 28.6. The van der Waals surface area contributed by atoms with E-state index in [1.54, 1.807) is 24.3 Å². The summed E-state index contributed by atoms with van der Waals surface area (Å²) >= 11 is 12.0. The largest absolute Gasteiger partial charge is 0.352 e. The lowest BCUT2D eigenvalue weighted by Crippen LogP contribution is -2.53. The molecule has 0 saturated carbocycles. The molecule has 0 aromatic heterocycles. The van der Waals surface area contributed by atoms with Crippen LogP contribution in [0, 0.1) is 0 Å². The van der Waals surface area contributed by atoms with E-state index in [0.29, 0.717) is 10.0 Å². The van der Waals surface area contributed by atoms with Gasteiger partial charge in [-0.1, -0.05) is 65.7 Å². The molecular weight excluding hydrogens is 545 g/mol. The molecule has 0 heterocycles. The van der Waals surface area contributed by atoms with Gasteiger partial charge in [-0.15, -0.1) is 0 Å². The number of nitrogens with zero attached hydrogens (tertiary/aromatic N) is 2. The summed E-state index contributed by atoms with van der Waals surface area (Å²) in [7, 11) is -2.64. The Morgan fingerprint density at radius 1 is 0.842 bits per heavy atom. The molecule has 38 heavy (non-hydrogen) atoms. The third kappa shape index (κ3) is 8.04. The van der Waals surface area contributed by atoms with Crippen molar-refractivity contribution in [2.45, 2.75) is 43.8 Å². The fourth-order valence-electron chi connectivity index (χ4n) is 3.87. The van der Waals surface area contributed by atoms with Crippen molar-refractivity contribution in [1.82, 2.24) is 14.5 Å². The van der Waals surface area contributed by atoms with Gasteiger partial charge in [0.2, 0.25) is 21.8 Å². The predicted octanol–water partition coefficient (Wildman–Crippen LogP) is 4.78. The van der Waals surface area contributed by atoms with E-state index < -0.39 is 28.5 Å². The van der Waals surface area contributed by atoms with Crippen LogP contribution in [0.15, 0.2) is 83.8 Å². The number of sulfonamides is 1. The highest BCUT2D eigenvalue weighted by Gasteiger charge is 2.33. The molecule has 0 fully saturated rings. The van der Waals surface area contributed by atoms with Gasteiger partial charge in [-0.25, -0.2) is 8.42 Å². The molecule has 1 atom stereocenters. The third-order valence-corrected chi connectivity index (χ3v) is 8.17. The van der Waals surface area contributed by atoms with Gasteiger partial charge in [-0.3, -0.25) is 9.59 Å². The van der Waals surface area contributed by atoms with Gasteiger partial charge in [-0.05, 0) is 61.4 Å². The van der Waals surface area contributed by atoms with Gasteiger partial charge in [0.05, 0.1) is 11.4 Å². The predicted molar refractivity (Wildman–Crippen MR) is 150 cm³/mol. The Morgan fingerprint density at radius 3 is 1.95 bits per heavy atom. The number of amides is 2. The second kappa shape index (κ2) is 13.2. The molecule has 0 aliphatic carbocycles. The molecule has 0 aliphatic heterocycles. The molecule has 0 aliphatic rings. The van der Waals surface area contributed by atoms with Crippen LogP contribution >= 0.6 is 23.2 Å². The maximum Gasteiger partial charge on any atom is 0.243 e. The first-order chi connectivity index (χ1) is 18.0. The zero-order valence-corrected chi connectivity index (χ0v) is 23.8. The van der Waals surface area contributed by atoms with Gasteiger partial charge in [0.15, 0.2) is 0 Å². The van der Waals surface area contributed by atoms with E-state index in [9.17, 15) is 18.0 Å². The Bertz CT molecular complexity index is 1330. The fraction of sp³-hybridized carbons (Fsp3) is 0.286. The number of hydrogen-bond donors (Lipinski definition) is 1. The number of likely N-dealkylation sites (N-methyl/N-ethyl adjacent to an activating group) is 1. The minimum Gasteiger partial charge on any atom is -0.352 e. The van der Waals surface area contributed by atoms with Crippen molar-refractivity contribution in [1.29, 1.82) is 0 Å². The minimum atomic E-state index is -3.98. The average molecular weight is 577 g/mol. The van der Waals surface area contributed by atoms with Crippen molar-refractivity contribution in [3.8, 4) is 0 Å². The first-order valence-electron chi connectivity index (χ1n) is 12.1. The Balaban J connectivity index is 1.96. The highest BCUT2D eigenvalue weighted by atomic mass is 35.5. The normalized spacial score (nSPS) is 12.4. The summed E-state index contributed by atoms with van der Waals surface area (Å²) < 4.78 is 27.3. The quantitative estimate of drug-likeness (QED) is 0.356. The first kappa shape index (κ1) is 29.6. The summed E-state index contributed by atoms with van der Waals surface area (Å²) in [6, 6.07) is 21.0. The lowest BCUT2D eigenvalue weighted by molar-refractivity contribution is -0.141. The van der Waals surface area contributed by atoms with Gasteiger partial charge in [-0.2, -0.15) is 4.31 Å². The average Bonchev–Trinajstić information content (AvgIpc) is 2.87. The molecule has 3 rings (SSSR count). The first-order valence-corrected chi connectivity index (χ1v) is 14.3. The zero-order chi connectivity index (χ0) is 27.9. The number of hydrogen-bond acceptors (Lipinski definition) is 4. The molecule has 3 aromatic rings. The zero-order valence-electron chi connectivity index (χ0n) is 21.5. The molecule has 0 radical (unpaired) electrons. The Kier molecular flexibility index (Phi) is 10.3. The van der Waals surface area contributed by atoms with Gasteiger partial charge in [0, 0.05) is 36.1 Å². The van der Waals surface area contributed by atoms with Crippen molar-refractivity contribution in [3.63, 3.8) is 0 Å². The number of carbonyl (C=O) groups is 2. The second-order valence-electron chi connectivity index (χ2n) is 9.23. The van der Waals surface area contributed by atoms with E-state index in [0.717, 1.165) is 15.4 Å². The molecule has 2 amide bonds. The van der Waals surface area contributed by atoms with Crippen LogP contribution in [0.25, 0.3) is 0 Å². The summed E-state index contributed by atoms with van der Waals surface area (Å²) in [5, 5.41) is 3.85. The van der Waals surface area contributed by atoms with Crippen LogP contribution in [0.5, 0.6) is 0 Å². The van der Waals surface area contributed by atoms with Crippen molar-refractivity contribution in [3.05, 3.63) is 100 Å². The summed E-state index contributed by atoms with van der Waals surface area (Å²) in [6.45, 7) is 3.32. The lowest BCUT2D eigenvalue weighted by Gasteiger charge is -2.33. The van der Waals surface area contributed by atoms with E-state index in [4.69, 9.17) is 23.2 Å². The van der Waals surface area contributed by atoms with Gasteiger partial charge >= 0.3 is 0 Å². The van der Waals surface area contributed by atoms with Crippen molar-refractivity contribution in [2.75, 3.05) is 13.6 Å². The number of benzene rings is 3. The fourth-order valence-corrected chi connectivity index (χ4v) is 5.25. The van der Waals surface area contributed by atoms with Crippen LogP contribution in [-0.2, 0) is 32.6 Å². The van der Waals surface area contributed by atoms with Crippen LogP contribution in [0.1, 0.15) is 25.0 Å².